The van der Waals surface area contributed by atoms with Gasteiger partial charge in [0, 0.05) is 23.9 Å². The minimum Gasteiger partial charge on any atom is -0.339 e. The zero-order valence-corrected chi connectivity index (χ0v) is 15.0. The van der Waals surface area contributed by atoms with Crippen molar-refractivity contribution in [1.29, 1.82) is 0 Å². The fourth-order valence-electron chi connectivity index (χ4n) is 4.04. The van der Waals surface area contributed by atoms with Crippen LogP contribution in [0.25, 0.3) is 0 Å². The monoisotopic (exact) mass is 355 g/mol. The summed E-state index contributed by atoms with van der Waals surface area (Å²) in [5, 5.41) is 8.79. The van der Waals surface area contributed by atoms with E-state index in [1.54, 1.807) is 10.7 Å². The Morgan fingerprint density at radius 3 is 2.73 bits per heavy atom. The van der Waals surface area contributed by atoms with Gasteiger partial charge >= 0.3 is 0 Å². The topological polar surface area (TPSA) is 77.0 Å². The molecule has 0 radical (unpaired) electrons. The van der Waals surface area contributed by atoms with Gasteiger partial charge < -0.3 is 4.52 Å². The smallest absolute Gasteiger partial charge is 0.266 e. The Bertz CT molecular complexity index is 836. The van der Waals surface area contributed by atoms with Gasteiger partial charge in [-0.1, -0.05) is 11.6 Å². The standard InChI is InChI=1S/C19H25N5O2/c25-18-9-8-16(13-6-7-13)21-24(18)11-15-5-2-10-23(15)12-17-20-19(26-22-17)14-3-1-4-14/h8-9,13-15H,1-7,10-12H2. The highest BCUT2D eigenvalue weighted by atomic mass is 16.5. The van der Waals surface area contributed by atoms with E-state index in [4.69, 9.17) is 4.52 Å². The summed E-state index contributed by atoms with van der Waals surface area (Å²) in [6.45, 7) is 2.35. The average Bonchev–Trinajstić information content (AvgIpc) is 3.20. The van der Waals surface area contributed by atoms with Crippen molar-refractivity contribution < 1.29 is 4.52 Å². The van der Waals surface area contributed by atoms with Crippen LogP contribution in [0.3, 0.4) is 0 Å². The van der Waals surface area contributed by atoms with Crippen molar-refractivity contribution in [2.24, 2.45) is 0 Å². The van der Waals surface area contributed by atoms with E-state index in [-0.39, 0.29) is 5.56 Å². The molecule has 2 aliphatic carbocycles. The first-order valence-electron chi connectivity index (χ1n) is 9.91. The highest BCUT2D eigenvalue weighted by Gasteiger charge is 2.30. The lowest BCUT2D eigenvalue weighted by Gasteiger charge is -2.23. The lowest BCUT2D eigenvalue weighted by Crippen LogP contribution is -2.37. The van der Waals surface area contributed by atoms with Gasteiger partial charge in [-0.3, -0.25) is 9.69 Å². The van der Waals surface area contributed by atoms with Crippen molar-refractivity contribution in [3.63, 3.8) is 0 Å². The maximum absolute atomic E-state index is 12.2. The van der Waals surface area contributed by atoms with Crippen molar-refractivity contribution in [2.75, 3.05) is 6.54 Å². The van der Waals surface area contributed by atoms with Crippen LogP contribution in [0.15, 0.2) is 21.5 Å². The molecule has 0 amide bonds. The third kappa shape index (κ3) is 3.20. The molecule has 1 saturated heterocycles. The highest BCUT2D eigenvalue weighted by Crippen LogP contribution is 2.38. The van der Waals surface area contributed by atoms with Gasteiger partial charge in [-0.15, -0.1) is 0 Å². The van der Waals surface area contributed by atoms with Gasteiger partial charge in [-0.2, -0.15) is 10.1 Å². The van der Waals surface area contributed by atoms with Crippen LogP contribution < -0.4 is 5.56 Å². The molecule has 7 nitrogen and oxygen atoms in total. The van der Waals surface area contributed by atoms with Gasteiger partial charge in [-0.25, -0.2) is 4.68 Å². The largest absolute Gasteiger partial charge is 0.339 e. The van der Waals surface area contributed by atoms with E-state index in [0.717, 1.165) is 36.8 Å². The molecule has 3 fully saturated rings. The molecule has 7 heteroatoms. The molecule has 2 aromatic heterocycles. The van der Waals surface area contributed by atoms with Crippen LogP contribution in [0.4, 0.5) is 0 Å². The number of hydrogen-bond donors (Lipinski definition) is 0. The van der Waals surface area contributed by atoms with Gasteiger partial charge in [-0.05, 0) is 51.1 Å². The number of aromatic nitrogens is 4. The van der Waals surface area contributed by atoms with Crippen molar-refractivity contribution >= 4 is 0 Å². The summed E-state index contributed by atoms with van der Waals surface area (Å²) in [6.07, 6.45) is 8.20. The molecule has 3 heterocycles. The minimum atomic E-state index is -0.00641. The van der Waals surface area contributed by atoms with E-state index < -0.39 is 0 Å². The first-order valence-corrected chi connectivity index (χ1v) is 9.91. The summed E-state index contributed by atoms with van der Waals surface area (Å²) >= 11 is 0. The van der Waals surface area contributed by atoms with Gasteiger partial charge in [0.25, 0.3) is 5.56 Å². The Kier molecular flexibility index (Phi) is 4.11. The number of nitrogens with zero attached hydrogens (tertiary/aromatic N) is 5. The van der Waals surface area contributed by atoms with Gasteiger partial charge in [0.2, 0.25) is 5.89 Å². The SMILES string of the molecule is O=c1ccc(C2CC2)nn1CC1CCCN1Cc1noc(C2CCC2)n1. The number of likely N-dealkylation sites (tertiary alicyclic amines) is 1. The van der Waals surface area contributed by atoms with Crippen LogP contribution in [-0.2, 0) is 13.1 Å². The Morgan fingerprint density at radius 1 is 1.08 bits per heavy atom. The molecule has 3 aliphatic rings. The average molecular weight is 355 g/mol. The quantitative estimate of drug-likeness (QED) is 0.792. The summed E-state index contributed by atoms with van der Waals surface area (Å²) in [5.41, 5.74) is 1.06. The van der Waals surface area contributed by atoms with Crippen molar-refractivity contribution in [2.45, 2.75) is 75.9 Å². The Morgan fingerprint density at radius 2 is 1.96 bits per heavy atom. The van der Waals surface area contributed by atoms with Crippen LogP contribution in [0.5, 0.6) is 0 Å². The van der Waals surface area contributed by atoms with E-state index in [0.29, 0.717) is 31.0 Å². The molecule has 1 atom stereocenters. The van der Waals surface area contributed by atoms with Gasteiger partial charge in [0.05, 0.1) is 18.8 Å². The second-order valence-corrected chi connectivity index (χ2v) is 8.00. The number of rotatable bonds is 6. The van der Waals surface area contributed by atoms with E-state index >= 15 is 0 Å². The third-order valence-electron chi connectivity index (χ3n) is 6.05. The van der Waals surface area contributed by atoms with Crippen molar-refractivity contribution in [3.8, 4) is 0 Å². The molecular formula is C19H25N5O2. The molecule has 0 bridgehead atoms. The zero-order valence-electron chi connectivity index (χ0n) is 15.0. The highest BCUT2D eigenvalue weighted by molar-refractivity contribution is 5.12. The molecule has 26 heavy (non-hydrogen) atoms. The fourth-order valence-corrected chi connectivity index (χ4v) is 4.04. The van der Waals surface area contributed by atoms with Gasteiger partial charge in [0.1, 0.15) is 0 Å². The lowest BCUT2D eigenvalue weighted by atomic mass is 9.85. The first kappa shape index (κ1) is 16.2. The molecule has 0 spiro atoms. The van der Waals surface area contributed by atoms with E-state index in [2.05, 4.69) is 20.1 Å². The molecule has 0 N–H and O–H groups in total. The molecule has 5 rings (SSSR count). The van der Waals surface area contributed by atoms with Crippen molar-refractivity contribution in [1.82, 2.24) is 24.8 Å². The first-order chi connectivity index (χ1) is 12.8. The van der Waals surface area contributed by atoms with Crippen LogP contribution in [0, 0.1) is 0 Å². The lowest BCUT2D eigenvalue weighted by molar-refractivity contribution is 0.208. The van der Waals surface area contributed by atoms with Crippen LogP contribution in [0.1, 0.15) is 74.2 Å². The van der Waals surface area contributed by atoms with E-state index in [1.807, 2.05) is 6.07 Å². The normalized spacial score (nSPS) is 24.1. The fraction of sp³-hybridized carbons (Fsp3) is 0.684. The Hall–Kier alpha value is -2.02. The van der Waals surface area contributed by atoms with E-state index in [1.165, 1.54) is 32.1 Å². The van der Waals surface area contributed by atoms with Crippen LogP contribution in [-0.4, -0.2) is 37.4 Å². The molecule has 1 aliphatic heterocycles. The predicted octanol–water partition coefficient (Wildman–Crippen LogP) is 2.44. The Labute approximate surface area is 152 Å². The molecule has 1 unspecified atom stereocenters. The zero-order chi connectivity index (χ0) is 17.5. The summed E-state index contributed by atoms with van der Waals surface area (Å²) in [5.74, 6) is 2.60. The third-order valence-corrected chi connectivity index (χ3v) is 6.05. The van der Waals surface area contributed by atoms with Crippen LogP contribution >= 0.6 is 0 Å². The number of hydrogen-bond acceptors (Lipinski definition) is 6. The molecule has 2 aromatic rings. The minimum absolute atomic E-state index is 0.00641. The Balaban J connectivity index is 1.27. The second kappa shape index (κ2) is 6.61. The summed E-state index contributed by atoms with van der Waals surface area (Å²) in [4.78, 5) is 19.2. The maximum atomic E-state index is 12.2. The molecule has 0 aromatic carbocycles. The molecule has 138 valence electrons. The van der Waals surface area contributed by atoms with E-state index in [9.17, 15) is 4.79 Å². The summed E-state index contributed by atoms with van der Waals surface area (Å²) < 4.78 is 7.10. The molecular weight excluding hydrogens is 330 g/mol. The van der Waals surface area contributed by atoms with Crippen molar-refractivity contribution in [3.05, 3.63) is 39.9 Å². The second-order valence-electron chi connectivity index (χ2n) is 8.00. The maximum Gasteiger partial charge on any atom is 0.266 e. The predicted molar refractivity (Wildman–Crippen MR) is 94.8 cm³/mol. The van der Waals surface area contributed by atoms with Crippen LogP contribution in [0.2, 0.25) is 0 Å². The van der Waals surface area contributed by atoms with Gasteiger partial charge in [0.15, 0.2) is 5.82 Å². The molecule has 2 saturated carbocycles. The summed E-state index contributed by atoms with van der Waals surface area (Å²) in [6, 6.07) is 3.87. The summed E-state index contributed by atoms with van der Waals surface area (Å²) in [7, 11) is 0.